The van der Waals surface area contributed by atoms with Crippen LogP contribution in [0.4, 0.5) is 0 Å². The molecule has 0 spiro atoms. The second-order valence-corrected chi connectivity index (χ2v) is 7.66. The maximum atomic E-state index is 13.4. The fourth-order valence-corrected chi connectivity index (χ4v) is 4.72. The van der Waals surface area contributed by atoms with Gasteiger partial charge in [-0.1, -0.05) is 12.1 Å². The summed E-state index contributed by atoms with van der Waals surface area (Å²) in [5.41, 5.74) is 1.53. The molecule has 2 heterocycles. The molecule has 0 radical (unpaired) electrons. The lowest BCUT2D eigenvalue weighted by Crippen LogP contribution is -2.38. The Labute approximate surface area is 162 Å². The minimum absolute atomic E-state index is 0.000410. The number of fused-ring (bicyclic) bond motifs is 1. The van der Waals surface area contributed by atoms with Gasteiger partial charge in [0, 0.05) is 6.54 Å². The molecule has 1 amide bonds. The van der Waals surface area contributed by atoms with Crippen LogP contribution in [0.1, 0.15) is 40.7 Å². The Morgan fingerprint density at radius 2 is 2.00 bits per heavy atom. The third kappa shape index (κ3) is 3.37. The molecular weight excluding hydrogens is 360 g/mol. The van der Waals surface area contributed by atoms with Gasteiger partial charge >= 0.3 is 0 Å². The van der Waals surface area contributed by atoms with Gasteiger partial charge in [-0.05, 0) is 49.6 Å². The lowest BCUT2D eigenvalue weighted by molar-refractivity contribution is 0.0607. The van der Waals surface area contributed by atoms with Gasteiger partial charge in [-0.25, -0.2) is 4.98 Å². The molecule has 3 aromatic rings. The first-order valence-corrected chi connectivity index (χ1v) is 9.91. The van der Waals surface area contributed by atoms with Crippen molar-refractivity contribution in [3.8, 4) is 11.5 Å². The first-order valence-electron chi connectivity index (χ1n) is 9.09. The molecule has 0 saturated carbocycles. The third-order valence-corrected chi connectivity index (χ3v) is 6.13. The molecule has 1 fully saturated rings. The van der Waals surface area contributed by atoms with Crippen molar-refractivity contribution in [1.82, 2.24) is 9.88 Å². The van der Waals surface area contributed by atoms with Gasteiger partial charge in [-0.2, -0.15) is 0 Å². The van der Waals surface area contributed by atoms with Gasteiger partial charge in [-0.15, -0.1) is 11.3 Å². The molecule has 2 aromatic carbocycles. The number of methoxy groups -OCH3 is 2. The van der Waals surface area contributed by atoms with Crippen molar-refractivity contribution in [2.45, 2.75) is 25.3 Å². The normalized spacial score (nSPS) is 17.1. The van der Waals surface area contributed by atoms with Crippen LogP contribution in [-0.2, 0) is 0 Å². The van der Waals surface area contributed by atoms with E-state index in [9.17, 15) is 4.79 Å². The molecular formula is C21H22N2O3S. The van der Waals surface area contributed by atoms with E-state index in [1.807, 2.05) is 23.1 Å². The van der Waals surface area contributed by atoms with Crippen LogP contribution >= 0.6 is 11.3 Å². The van der Waals surface area contributed by atoms with Crippen molar-refractivity contribution in [2.75, 3.05) is 20.8 Å². The highest BCUT2D eigenvalue weighted by atomic mass is 32.1. The largest absolute Gasteiger partial charge is 0.497 e. The number of hydrogen-bond donors (Lipinski definition) is 0. The van der Waals surface area contributed by atoms with Crippen LogP contribution in [0.5, 0.6) is 11.5 Å². The fraction of sp³-hybridized carbons (Fsp3) is 0.333. The maximum Gasteiger partial charge on any atom is 0.258 e. The Morgan fingerprint density at radius 1 is 1.15 bits per heavy atom. The van der Waals surface area contributed by atoms with Crippen molar-refractivity contribution in [2.24, 2.45) is 0 Å². The Balaban J connectivity index is 1.71. The van der Waals surface area contributed by atoms with Gasteiger partial charge in [0.15, 0.2) is 0 Å². The highest BCUT2D eigenvalue weighted by Crippen LogP contribution is 2.37. The minimum Gasteiger partial charge on any atom is -0.497 e. The molecule has 6 heteroatoms. The second kappa shape index (κ2) is 7.56. The average Bonchev–Trinajstić information content (AvgIpc) is 3.17. The average molecular weight is 382 g/mol. The van der Waals surface area contributed by atoms with Crippen LogP contribution in [0, 0.1) is 0 Å². The summed E-state index contributed by atoms with van der Waals surface area (Å²) >= 11 is 1.68. The number of thiazole rings is 1. The zero-order valence-corrected chi connectivity index (χ0v) is 16.3. The molecule has 140 valence electrons. The number of nitrogens with zero attached hydrogens (tertiary/aromatic N) is 2. The van der Waals surface area contributed by atoms with E-state index < -0.39 is 0 Å². The van der Waals surface area contributed by atoms with E-state index in [1.165, 1.54) is 0 Å². The summed E-state index contributed by atoms with van der Waals surface area (Å²) in [6, 6.07) is 13.5. The number of carbonyl (C=O) groups excluding carboxylic acids is 1. The lowest BCUT2D eigenvalue weighted by Gasteiger charge is -2.35. The van der Waals surface area contributed by atoms with Crippen molar-refractivity contribution in [3.63, 3.8) is 0 Å². The number of hydrogen-bond acceptors (Lipinski definition) is 5. The predicted octanol–water partition coefficient (Wildman–Crippen LogP) is 4.68. The monoisotopic (exact) mass is 382 g/mol. The maximum absolute atomic E-state index is 13.4. The zero-order valence-electron chi connectivity index (χ0n) is 15.5. The van der Waals surface area contributed by atoms with Crippen molar-refractivity contribution < 1.29 is 14.3 Å². The second-order valence-electron chi connectivity index (χ2n) is 6.60. The van der Waals surface area contributed by atoms with Gasteiger partial charge < -0.3 is 14.4 Å². The summed E-state index contributed by atoms with van der Waals surface area (Å²) in [7, 11) is 3.18. The van der Waals surface area contributed by atoms with Gasteiger partial charge in [-0.3, -0.25) is 4.79 Å². The number of rotatable bonds is 4. The summed E-state index contributed by atoms with van der Waals surface area (Å²) in [4.78, 5) is 20.2. The molecule has 5 nitrogen and oxygen atoms in total. The third-order valence-electron chi connectivity index (χ3n) is 5.00. The van der Waals surface area contributed by atoms with E-state index in [2.05, 4.69) is 6.07 Å². The molecule has 0 N–H and O–H groups in total. The highest BCUT2D eigenvalue weighted by Gasteiger charge is 2.32. The van der Waals surface area contributed by atoms with E-state index in [-0.39, 0.29) is 11.9 Å². The van der Waals surface area contributed by atoms with Crippen molar-refractivity contribution in [3.05, 3.63) is 53.0 Å². The number of likely N-dealkylation sites (tertiary alicyclic amines) is 1. The van der Waals surface area contributed by atoms with Crippen LogP contribution in [-0.4, -0.2) is 36.6 Å². The van der Waals surface area contributed by atoms with Gasteiger partial charge in [0.05, 0.1) is 36.0 Å². The number of piperidine rings is 1. The minimum atomic E-state index is -0.0327. The summed E-state index contributed by atoms with van der Waals surface area (Å²) in [6.07, 6.45) is 3.02. The van der Waals surface area contributed by atoms with Crippen LogP contribution in [0.3, 0.4) is 0 Å². The SMILES string of the molecule is COc1ccc(OC)c(C(=O)N2CCCCC2c2nc3ccccc3s2)c1. The number of carbonyl (C=O) groups is 1. The number of benzene rings is 2. The van der Waals surface area contributed by atoms with E-state index in [0.717, 1.165) is 41.0 Å². The molecule has 27 heavy (non-hydrogen) atoms. The zero-order chi connectivity index (χ0) is 18.8. The Morgan fingerprint density at radius 3 is 2.78 bits per heavy atom. The molecule has 1 aliphatic rings. The first kappa shape index (κ1) is 17.8. The standard InChI is InChI=1S/C21H22N2O3S/c1-25-14-10-11-18(26-2)15(13-14)21(24)23-12-6-5-8-17(23)20-22-16-7-3-4-9-19(16)27-20/h3-4,7,9-11,13,17H,5-6,8,12H2,1-2H3. The summed E-state index contributed by atoms with van der Waals surface area (Å²) in [6.45, 7) is 0.722. The van der Waals surface area contributed by atoms with Crippen LogP contribution in [0.25, 0.3) is 10.2 Å². The Kier molecular flexibility index (Phi) is 4.99. The van der Waals surface area contributed by atoms with E-state index in [1.54, 1.807) is 43.8 Å². The quantitative estimate of drug-likeness (QED) is 0.657. The first-order chi connectivity index (χ1) is 13.2. The van der Waals surface area contributed by atoms with Gasteiger partial charge in [0.25, 0.3) is 5.91 Å². The predicted molar refractivity (Wildman–Crippen MR) is 107 cm³/mol. The summed E-state index contributed by atoms with van der Waals surface area (Å²) in [5, 5.41) is 1.01. The van der Waals surface area contributed by atoms with Gasteiger partial charge in [0.1, 0.15) is 16.5 Å². The Bertz CT molecular complexity index is 936. The fourth-order valence-electron chi connectivity index (χ4n) is 3.60. The number of amides is 1. The topological polar surface area (TPSA) is 51.7 Å². The lowest BCUT2D eigenvalue weighted by atomic mass is 10.0. The summed E-state index contributed by atoms with van der Waals surface area (Å²) < 4.78 is 11.9. The molecule has 1 unspecified atom stereocenters. The Hall–Kier alpha value is -2.60. The number of ether oxygens (including phenoxy) is 2. The van der Waals surface area contributed by atoms with Crippen LogP contribution in [0.2, 0.25) is 0 Å². The highest BCUT2D eigenvalue weighted by molar-refractivity contribution is 7.18. The van der Waals surface area contributed by atoms with Crippen molar-refractivity contribution >= 4 is 27.5 Å². The molecule has 0 aliphatic carbocycles. The van der Waals surface area contributed by atoms with Crippen LogP contribution in [0.15, 0.2) is 42.5 Å². The number of para-hydroxylation sites is 1. The molecule has 0 bridgehead atoms. The molecule has 1 saturated heterocycles. The van der Waals surface area contributed by atoms with Gasteiger partial charge in [0.2, 0.25) is 0 Å². The van der Waals surface area contributed by atoms with E-state index in [0.29, 0.717) is 17.1 Å². The van der Waals surface area contributed by atoms with Crippen molar-refractivity contribution in [1.29, 1.82) is 0 Å². The van der Waals surface area contributed by atoms with E-state index in [4.69, 9.17) is 14.5 Å². The number of aromatic nitrogens is 1. The van der Waals surface area contributed by atoms with Crippen LogP contribution < -0.4 is 9.47 Å². The molecule has 4 rings (SSSR count). The molecule has 1 atom stereocenters. The smallest absolute Gasteiger partial charge is 0.258 e. The molecule has 1 aromatic heterocycles. The van der Waals surface area contributed by atoms with E-state index >= 15 is 0 Å². The summed E-state index contributed by atoms with van der Waals surface area (Å²) in [5.74, 6) is 1.18. The molecule has 1 aliphatic heterocycles.